The first kappa shape index (κ1) is 11.1. The third-order valence-corrected chi connectivity index (χ3v) is 3.75. The molecule has 1 saturated carbocycles. The molecule has 0 radical (unpaired) electrons. The molecule has 2 unspecified atom stereocenters. The Morgan fingerprint density at radius 3 is 2.67 bits per heavy atom. The van der Waals surface area contributed by atoms with Crippen molar-refractivity contribution >= 4 is 37.8 Å². The van der Waals surface area contributed by atoms with Crippen molar-refractivity contribution in [2.75, 3.05) is 0 Å². The average molecular weight is 333 g/mol. The second-order valence-corrected chi connectivity index (χ2v) is 5.69. The number of benzene rings is 1. The van der Waals surface area contributed by atoms with Crippen LogP contribution in [-0.2, 0) is 0 Å². The monoisotopic (exact) mass is 331 g/mol. The van der Waals surface area contributed by atoms with E-state index in [4.69, 9.17) is 0 Å². The van der Waals surface area contributed by atoms with Crippen LogP contribution in [-0.4, -0.2) is 11.9 Å². The number of carbonyl (C=O) groups is 1. The zero-order valence-corrected chi connectivity index (χ0v) is 11.4. The number of carbonyl (C=O) groups excluding carboxylic acids is 1. The molecule has 0 saturated heterocycles. The van der Waals surface area contributed by atoms with E-state index in [1.807, 2.05) is 18.2 Å². The molecule has 15 heavy (non-hydrogen) atoms. The highest BCUT2D eigenvalue weighted by Crippen LogP contribution is 2.30. The molecule has 1 N–H and O–H groups in total. The zero-order valence-electron chi connectivity index (χ0n) is 8.26. The first-order valence-electron chi connectivity index (χ1n) is 4.84. The summed E-state index contributed by atoms with van der Waals surface area (Å²) in [6.07, 6.45) is 1.10. The molecule has 0 bridgehead atoms. The highest BCUT2D eigenvalue weighted by Gasteiger charge is 2.34. The van der Waals surface area contributed by atoms with Gasteiger partial charge in [0.2, 0.25) is 0 Å². The van der Waals surface area contributed by atoms with Crippen molar-refractivity contribution in [1.29, 1.82) is 0 Å². The normalized spacial score (nSPS) is 23.7. The largest absolute Gasteiger partial charge is 0.349 e. The van der Waals surface area contributed by atoms with E-state index in [2.05, 4.69) is 44.1 Å². The highest BCUT2D eigenvalue weighted by atomic mass is 79.9. The molecule has 2 rings (SSSR count). The first-order chi connectivity index (χ1) is 7.08. The third kappa shape index (κ3) is 2.61. The fraction of sp³-hybridized carbons (Fsp3) is 0.364. The van der Waals surface area contributed by atoms with Gasteiger partial charge >= 0.3 is 0 Å². The minimum atomic E-state index is 0.00345. The van der Waals surface area contributed by atoms with Crippen LogP contribution in [0.5, 0.6) is 0 Å². The van der Waals surface area contributed by atoms with E-state index in [-0.39, 0.29) is 5.91 Å². The Balaban J connectivity index is 2.11. The van der Waals surface area contributed by atoms with Gasteiger partial charge in [-0.3, -0.25) is 4.79 Å². The number of hydrogen-bond acceptors (Lipinski definition) is 1. The fourth-order valence-corrected chi connectivity index (χ4v) is 2.67. The summed E-state index contributed by atoms with van der Waals surface area (Å²) in [5, 5.41) is 3.00. The minimum absolute atomic E-state index is 0.00345. The van der Waals surface area contributed by atoms with Crippen molar-refractivity contribution in [3.05, 3.63) is 32.7 Å². The molecule has 0 aliphatic heterocycles. The Hall–Kier alpha value is -0.350. The molecule has 0 heterocycles. The van der Waals surface area contributed by atoms with E-state index < -0.39 is 0 Å². The molecule has 80 valence electrons. The number of hydrogen-bond donors (Lipinski definition) is 1. The minimum Gasteiger partial charge on any atom is -0.349 e. The fourth-order valence-electron chi connectivity index (χ4n) is 1.44. The summed E-state index contributed by atoms with van der Waals surface area (Å²) in [5.74, 6) is 0.631. The van der Waals surface area contributed by atoms with Crippen LogP contribution in [0.15, 0.2) is 27.1 Å². The molecule has 2 atom stereocenters. The predicted octanol–water partition coefficient (Wildman–Crippen LogP) is 3.35. The smallest absolute Gasteiger partial charge is 0.252 e. The van der Waals surface area contributed by atoms with Crippen molar-refractivity contribution in [3.63, 3.8) is 0 Å². The van der Waals surface area contributed by atoms with Gasteiger partial charge in [-0.05, 0) is 46.5 Å². The maximum atomic E-state index is 11.8. The van der Waals surface area contributed by atoms with Crippen LogP contribution in [0.4, 0.5) is 0 Å². The van der Waals surface area contributed by atoms with Crippen molar-refractivity contribution < 1.29 is 4.79 Å². The van der Waals surface area contributed by atoms with Crippen LogP contribution in [0.2, 0.25) is 0 Å². The van der Waals surface area contributed by atoms with Gasteiger partial charge in [0.05, 0.1) is 5.56 Å². The molecular weight excluding hydrogens is 322 g/mol. The third-order valence-electron chi connectivity index (χ3n) is 2.60. The summed E-state index contributed by atoms with van der Waals surface area (Å²) >= 11 is 6.74. The molecular formula is C11H11Br2NO. The average Bonchev–Trinajstić information content (AvgIpc) is 2.81. The van der Waals surface area contributed by atoms with Gasteiger partial charge in [-0.25, -0.2) is 0 Å². The molecule has 1 aromatic rings. The lowest BCUT2D eigenvalue weighted by Crippen LogP contribution is -2.26. The first-order valence-corrected chi connectivity index (χ1v) is 6.42. The van der Waals surface area contributed by atoms with Gasteiger partial charge in [-0.1, -0.05) is 22.9 Å². The Bertz CT molecular complexity index is 406. The predicted molar refractivity (Wildman–Crippen MR) is 66.9 cm³/mol. The summed E-state index contributed by atoms with van der Waals surface area (Å²) in [4.78, 5) is 11.8. The van der Waals surface area contributed by atoms with E-state index in [0.29, 0.717) is 17.5 Å². The SMILES string of the molecule is CC1CC1NC(=O)c1ccc(Br)cc1Br. The van der Waals surface area contributed by atoms with Gasteiger partial charge in [-0.2, -0.15) is 0 Å². The van der Waals surface area contributed by atoms with Gasteiger partial charge in [0.1, 0.15) is 0 Å². The summed E-state index contributed by atoms with van der Waals surface area (Å²) < 4.78 is 1.79. The van der Waals surface area contributed by atoms with Gasteiger partial charge in [0, 0.05) is 15.0 Å². The zero-order chi connectivity index (χ0) is 11.0. The Morgan fingerprint density at radius 1 is 1.47 bits per heavy atom. The molecule has 1 aliphatic carbocycles. The van der Waals surface area contributed by atoms with E-state index in [0.717, 1.165) is 15.4 Å². The van der Waals surface area contributed by atoms with Crippen LogP contribution in [0.3, 0.4) is 0 Å². The quantitative estimate of drug-likeness (QED) is 0.884. The Morgan fingerprint density at radius 2 is 2.13 bits per heavy atom. The molecule has 4 heteroatoms. The van der Waals surface area contributed by atoms with E-state index in [1.165, 1.54) is 0 Å². The van der Waals surface area contributed by atoms with Gasteiger partial charge in [-0.15, -0.1) is 0 Å². The van der Waals surface area contributed by atoms with Gasteiger partial charge in [0.15, 0.2) is 0 Å². The lowest BCUT2D eigenvalue weighted by atomic mass is 10.2. The van der Waals surface area contributed by atoms with Crippen LogP contribution in [0.25, 0.3) is 0 Å². The number of rotatable bonds is 2. The molecule has 1 amide bonds. The van der Waals surface area contributed by atoms with Crippen molar-refractivity contribution in [3.8, 4) is 0 Å². The maximum absolute atomic E-state index is 11.8. The molecule has 1 aliphatic rings. The van der Waals surface area contributed by atoms with Crippen molar-refractivity contribution in [2.45, 2.75) is 19.4 Å². The lowest BCUT2D eigenvalue weighted by molar-refractivity contribution is 0.0948. The summed E-state index contributed by atoms with van der Waals surface area (Å²) in [6, 6.07) is 5.94. The molecule has 2 nitrogen and oxygen atoms in total. The Labute approximate surface area is 106 Å². The van der Waals surface area contributed by atoms with Crippen molar-refractivity contribution in [2.24, 2.45) is 5.92 Å². The second-order valence-electron chi connectivity index (χ2n) is 3.92. The number of nitrogens with one attached hydrogen (secondary N) is 1. The molecule has 1 aromatic carbocycles. The highest BCUT2D eigenvalue weighted by molar-refractivity contribution is 9.11. The van der Waals surface area contributed by atoms with Gasteiger partial charge < -0.3 is 5.32 Å². The number of amides is 1. The summed E-state index contributed by atoms with van der Waals surface area (Å²) in [7, 11) is 0. The van der Waals surface area contributed by atoms with Crippen molar-refractivity contribution in [1.82, 2.24) is 5.32 Å². The van der Waals surface area contributed by atoms with E-state index in [9.17, 15) is 4.79 Å². The Kier molecular flexibility index (Phi) is 3.16. The summed E-state index contributed by atoms with van der Waals surface area (Å²) in [6.45, 7) is 2.14. The topological polar surface area (TPSA) is 29.1 Å². The number of halogens is 2. The standard InChI is InChI=1S/C11H11Br2NO/c1-6-4-10(6)14-11(15)8-3-2-7(12)5-9(8)13/h2-3,5-6,10H,4H2,1H3,(H,14,15). The van der Waals surface area contributed by atoms with Gasteiger partial charge in [0.25, 0.3) is 5.91 Å². The molecule has 0 aromatic heterocycles. The molecule has 0 spiro atoms. The van der Waals surface area contributed by atoms with Crippen LogP contribution in [0.1, 0.15) is 23.7 Å². The van der Waals surface area contributed by atoms with Crippen LogP contribution in [0, 0.1) is 5.92 Å². The van der Waals surface area contributed by atoms with E-state index >= 15 is 0 Å². The van der Waals surface area contributed by atoms with E-state index in [1.54, 1.807) is 0 Å². The molecule has 1 fully saturated rings. The van der Waals surface area contributed by atoms with Crippen LogP contribution < -0.4 is 5.32 Å². The lowest BCUT2D eigenvalue weighted by Gasteiger charge is -2.06. The summed E-state index contributed by atoms with van der Waals surface area (Å²) in [5.41, 5.74) is 0.692. The maximum Gasteiger partial charge on any atom is 0.252 e. The van der Waals surface area contributed by atoms with Crippen LogP contribution >= 0.6 is 31.9 Å². The second kappa shape index (κ2) is 4.26.